The molecule has 0 spiro atoms. The first kappa shape index (κ1) is 15.2. The van der Waals surface area contributed by atoms with E-state index >= 15 is 0 Å². The smallest absolute Gasteiger partial charge is 0.307 e. The molecule has 0 aromatic rings. The second kappa shape index (κ2) is 14.2. The van der Waals surface area contributed by atoms with Gasteiger partial charge in [0.15, 0.2) is 0 Å². The largest absolute Gasteiger partial charge is 0.483 e. The number of carbonyl (C=O) groups is 2. The molecule has 0 radical (unpaired) electrons. The van der Waals surface area contributed by atoms with Gasteiger partial charge in [-0.3, -0.25) is 9.59 Å². The Hall–Kier alpha value is -1.32. The molecular weight excluding hydrogens is 184 g/mol. The van der Waals surface area contributed by atoms with E-state index in [4.69, 9.17) is 15.0 Å². The van der Waals surface area contributed by atoms with Crippen LogP contribution in [0.5, 0.6) is 0 Å². The highest BCUT2D eigenvalue weighted by Crippen LogP contribution is 1.99. The van der Waals surface area contributed by atoms with Crippen LogP contribution in [-0.2, 0) is 9.59 Å². The number of unbranched alkanes of at least 4 members (excludes halogenated alkanes) is 3. The molecular formula is C10H18O4. The Morgan fingerprint density at radius 3 is 2.29 bits per heavy atom. The molecule has 0 atom stereocenters. The minimum atomic E-state index is -0.753. The van der Waals surface area contributed by atoms with Crippen LogP contribution in [0.25, 0.3) is 0 Å². The summed E-state index contributed by atoms with van der Waals surface area (Å²) in [7, 11) is 0. The number of carboxylic acids is 1. The van der Waals surface area contributed by atoms with E-state index in [2.05, 4.69) is 6.92 Å². The minimum Gasteiger partial charge on any atom is -0.483 e. The van der Waals surface area contributed by atoms with Crippen molar-refractivity contribution in [3.8, 4) is 0 Å². The molecule has 0 saturated heterocycles. The maximum Gasteiger partial charge on any atom is 0.307 e. The molecule has 0 bridgehead atoms. The van der Waals surface area contributed by atoms with E-state index in [-0.39, 0.29) is 12.9 Å². The number of allylic oxidation sites excluding steroid dienone is 1. The molecule has 2 N–H and O–H groups in total. The lowest BCUT2D eigenvalue weighted by atomic mass is 10.2. The monoisotopic (exact) mass is 202 g/mol. The Labute approximate surface area is 84.3 Å². The number of hydrogen-bond acceptors (Lipinski definition) is 2. The van der Waals surface area contributed by atoms with Gasteiger partial charge in [0.05, 0.1) is 6.42 Å². The minimum absolute atomic E-state index is 0.159. The Morgan fingerprint density at radius 2 is 1.86 bits per heavy atom. The summed E-state index contributed by atoms with van der Waals surface area (Å²) in [6, 6.07) is 0. The fourth-order valence-corrected chi connectivity index (χ4v) is 0.814. The van der Waals surface area contributed by atoms with Crippen molar-refractivity contribution in [3.05, 3.63) is 12.2 Å². The quantitative estimate of drug-likeness (QED) is 0.393. The van der Waals surface area contributed by atoms with E-state index in [0.29, 0.717) is 0 Å². The van der Waals surface area contributed by atoms with E-state index in [1.165, 1.54) is 19.3 Å². The van der Waals surface area contributed by atoms with Crippen molar-refractivity contribution in [2.75, 3.05) is 0 Å². The Kier molecular flexibility index (Phi) is 15.4. The molecule has 0 rings (SSSR count). The van der Waals surface area contributed by atoms with Gasteiger partial charge in [-0.05, 0) is 12.8 Å². The SMILES string of the molecule is CCCCCC=CCC(=O)O.O=CO. The predicted octanol–water partition coefficient (Wildman–Crippen LogP) is 2.30. The highest BCUT2D eigenvalue weighted by atomic mass is 16.4. The van der Waals surface area contributed by atoms with Crippen LogP contribution in [0.3, 0.4) is 0 Å². The van der Waals surface area contributed by atoms with Crippen LogP contribution in [-0.4, -0.2) is 22.7 Å². The summed E-state index contributed by atoms with van der Waals surface area (Å²) >= 11 is 0. The van der Waals surface area contributed by atoms with Crippen molar-refractivity contribution in [1.82, 2.24) is 0 Å². The highest BCUT2D eigenvalue weighted by molar-refractivity contribution is 5.68. The van der Waals surface area contributed by atoms with Gasteiger partial charge in [0.25, 0.3) is 6.47 Å². The van der Waals surface area contributed by atoms with Crippen LogP contribution >= 0.6 is 0 Å². The Bertz CT molecular complexity index is 164. The average molecular weight is 202 g/mol. The van der Waals surface area contributed by atoms with Gasteiger partial charge in [-0.25, -0.2) is 0 Å². The van der Waals surface area contributed by atoms with E-state index in [1.807, 2.05) is 6.08 Å². The van der Waals surface area contributed by atoms with Gasteiger partial charge in [-0.2, -0.15) is 0 Å². The fraction of sp³-hybridized carbons (Fsp3) is 0.600. The van der Waals surface area contributed by atoms with Gasteiger partial charge in [0, 0.05) is 0 Å². The van der Waals surface area contributed by atoms with Crippen molar-refractivity contribution in [2.45, 2.75) is 39.0 Å². The molecule has 0 fully saturated rings. The molecule has 0 aromatic heterocycles. The van der Waals surface area contributed by atoms with Gasteiger partial charge in [0.2, 0.25) is 0 Å². The normalized spacial score (nSPS) is 9.21. The maximum absolute atomic E-state index is 10.0. The van der Waals surface area contributed by atoms with Crippen LogP contribution in [0.15, 0.2) is 12.2 Å². The van der Waals surface area contributed by atoms with Crippen LogP contribution in [0, 0.1) is 0 Å². The number of hydrogen-bond donors (Lipinski definition) is 2. The first-order valence-electron chi connectivity index (χ1n) is 4.63. The van der Waals surface area contributed by atoms with Crippen LogP contribution in [0.4, 0.5) is 0 Å². The van der Waals surface area contributed by atoms with E-state index in [9.17, 15) is 4.79 Å². The summed E-state index contributed by atoms with van der Waals surface area (Å²) < 4.78 is 0. The second-order valence-electron chi connectivity index (χ2n) is 2.67. The molecule has 0 unspecified atom stereocenters. The predicted molar refractivity (Wildman–Crippen MR) is 54.2 cm³/mol. The third-order valence-electron chi connectivity index (χ3n) is 1.43. The molecule has 0 saturated carbocycles. The number of aliphatic carboxylic acids is 1. The molecule has 4 nitrogen and oxygen atoms in total. The molecule has 14 heavy (non-hydrogen) atoms. The van der Waals surface area contributed by atoms with Gasteiger partial charge in [-0.15, -0.1) is 0 Å². The molecule has 0 amide bonds. The van der Waals surface area contributed by atoms with Crippen molar-refractivity contribution in [3.63, 3.8) is 0 Å². The standard InChI is InChI=1S/C9H16O2.CH2O2/c1-2-3-4-5-6-7-8-9(10)11;2-1-3/h6-7H,2-5,8H2,1H3,(H,10,11);1H,(H,2,3). The molecule has 0 heterocycles. The fourth-order valence-electron chi connectivity index (χ4n) is 0.814. The van der Waals surface area contributed by atoms with Gasteiger partial charge < -0.3 is 10.2 Å². The zero-order valence-electron chi connectivity index (χ0n) is 8.48. The summed E-state index contributed by atoms with van der Waals surface area (Å²) in [6.45, 7) is 1.90. The molecule has 0 aliphatic heterocycles. The zero-order chi connectivity index (χ0) is 11.2. The lowest BCUT2D eigenvalue weighted by Crippen LogP contribution is -1.89. The van der Waals surface area contributed by atoms with Crippen LogP contribution in [0.1, 0.15) is 39.0 Å². The Morgan fingerprint density at radius 1 is 1.29 bits per heavy atom. The summed E-state index contributed by atoms with van der Waals surface area (Å²) in [5.74, 6) is -0.753. The van der Waals surface area contributed by atoms with Crippen LogP contribution < -0.4 is 0 Å². The van der Waals surface area contributed by atoms with Crippen molar-refractivity contribution in [1.29, 1.82) is 0 Å². The molecule has 0 aromatic carbocycles. The van der Waals surface area contributed by atoms with Crippen molar-refractivity contribution < 1.29 is 19.8 Å². The van der Waals surface area contributed by atoms with Gasteiger partial charge >= 0.3 is 5.97 Å². The zero-order valence-corrected chi connectivity index (χ0v) is 8.48. The first-order valence-corrected chi connectivity index (χ1v) is 4.63. The van der Waals surface area contributed by atoms with Gasteiger partial charge in [0.1, 0.15) is 0 Å². The summed E-state index contributed by atoms with van der Waals surface area (Å²) in [5.41, 5.74) is 0. The topological polar surface area (TPSA) is 74.6 Å². The lowest BCUT2D eigenvalue weighted by Gasteiger charge is -1.90. The molecule has 82 valence electrons. The third-order valence-corrected chi connectivity index (χ3v) is 1.43. The van der Waals surface area contributed by atoms with Gasteiger partial charge in [-0.1, -0.05) is 31.9 Å². The van der Waals surface area contributed by atoms with E-state index < -0.39 is 5.97 Å². The maximum atomic E-state index is 10.0. The molecule has 0 aliphatic carbocycles. The lowest BCUT2D eigenvalue weighted by molar-refractivity contribution is -0.136. The summed E-state index contributed by atoms with van der Waals surface area (Å²) in [5, 5.41) is 15.2. The summed E-state index contributed by atoms with van der Waals surface area (Å²) in [6.07, 6.45) is 8.46. The number of rotatable bonds is 6. The highest BCUT2D eigenvalue weighted by Gasteiger charge is 1.88. The second-order valence-corrected chi connectivity index (χ2v) is 2.67. The van der Waals surface area contributed by atoms with Crippen molar-refractivity contribution in [2.24, 2.45) is 0 Å². The van der Waals surface area contributed by atoms with E-state index in [1.54, 1.807) is 6.08 Å². The van der Waals surface area contributed by atoms with E-state index in [0.717, 1.165) is 6.42 Å². The Balaban J connectivity index is 0. The first-order chi connectivity index (χ1) is 6.68. The average Bonchev–Trinajstić information content (AvgIpc) is 2.12. The molecule has 4 heteroatoms. The van der Waals surface area contributed by atoms with Crippen LogP contribution in [0.2, 0.25) is 0 Å². The third kappa shape index (κ3) is 22.4. The number of carboxylic acid groups (broad SMARTS) is 2. The summed E-state index contributed by atoms with van der Waals surface area (Å²) in [4.78, 5) is 18.4. The van der Waals surface area contributed by atoms with Crippen molar-refractivity contribution >= 4 is 12.4 Å². The molecule has 0 aliphatic rings.